The molecular weight excluding hydrogens is 260 g/mol. The Bertz CT molecular complexity index is 532. The van der Waals surface area contributed by atoms with E-state index in [1.165, 1.54) is 6.21 Å². The topological polar surface area (TPSA) is 146 Å². The third-order valence-electron chi connectivity index (χ3n) is 2.06. The van der Waals surface area contributed by atoms with Crippen molar-refractivity contribution >= 4 is 24.3 Å². The van der Waals surface area contributed by atoms with Crippen molar-refractivity contribution in [2.24, 2.45) is 31.8 Å². The maximum Gasteiger partial charge on any atom is 0.237 e. The molecule has 20 heavy (non-hydrogen) atoms. The molecule has 0 spiro atoms. The van der Waals surface area contributed by atoms with Crippen molar-refractivity contribution in [3.8, 4) is 0 Å². The normalized spacial score (nSPS) is 13.1. The van der Waals surface area contributed by atoms with Crippen molar-refractivity contribution in [2.45, 2.75) is 0 Å². The van der Waals surface area contributed by atoms with E-state index in [-0.39, 0.29) is 11.9 Å². The number of hydroxylamine groups is 1. The Morgan fingerprint density at radius 1 is 1.10 bits per heavy atom. The van der Waals surface area contributed by atoms with E-state index in [1.54, 1.807) is 18.7 Å². The van der Waals surface area contributed by atoms with Gasteiger partial charge in [0, 0.05) is 7.05 Å². The summed E-state index contributed by atoms with van der Waals surface area (Å²) in [4.78, 5) is 3.70. The van der Waals surface area contributed by atoms with Crippen LogP contribution in [0.4, 0.5) is 0 Å². The van der Waals surface area contributed by atoms with Crippen molar-refractivity contribution in [3.05, 3.63) is 35.4 Å². The minimum Gasteiger partial charge on any atom is -0.369 e. The predicted molar refractivity (Wildman–Crippen MR) is 78.9 cm³/mol. The summed E-state index contributed by atoms with van der Waals surface area (Å²) in [5, 5.41) is 19.4. The zero-order valence-electron chi connectivity index (χ0n) is 10.9. The number of nitrogens with two attached hydrogens (primary N) is 2. The highest BCUT2D eigenvalue weighted by Gasteiger charge is 1.90. The monoisotopic (exact) mass is 276 g/mol. The van der Waals surface area contributed by atoms with Crippen molar-refractivity contribution in [1.82, 2.24) is 10.9 Å². The average molecular weight is 276 g/mol. The first-order valence-corrected chi connectivity index (χ1v) is 5.53. The smallest absolute Gasteiger partial charge is 0.237 e. The zero-order chi connectivity index (χ0) is 14.8. The van der Waals surface area contributed by atoms with Gasteiger partial charge < -0.3 is 11.5 Å². The summed E-state index contributed by atoms with van der Waals surface area (Å²) in [7, 11) is 1.56. The van der Waals surface area contributed by atoms with E-state index in [0.717, 1.165) is 11.1 Å². The zero-order valence-corrected chi connectivity index (χ0v) is 10.9. The fraction of sp³-hybridized carbons (Fsp3) is 0.0909. The SMILES string of the molecule is CN=C(N)N/N=C/c1ccc(/C=N/N=C(\N)NO)cc1. The number of guanidine groups is 2. The number of aliphatic imine (C=N–C) groups is 1. The summed E-state index contributed by atoms with van der Waals surface area (Å²) in [6.07, 6.45) is 3.09. The third kappa shape index (κ3) is 5.60. The Morgan fingerprint density at radius 3 is 2.25 bits per heavy atom. The molecule has 1 rings (SSSR count). The summed E-state index contributed by atoms with van der Waals surface area (Å²) < 4.78 is 0. The lowest BCUT2D eigenvalue weighted by molar-refractivity contribution is 0.232. The van der Waals surface area contributed by atoms with Gasteiger partial charge in [-0.3, -0.25) is 10.2 Å². The molecule has 7 N–H and O–H groups in total. The van der Waals surface area contributed by atoms with E-state index in [2.05, 4.69) is 25.7 Å². The highest BCUT2D eigenvalue weighted by molar-refractivity contribution is 5.85. The van der Waals surface area contributed by atoms with E-state index in [9.17, 15) is 0 Å². The van der Waals surface area contributed by atoms with Gasteiger partial charge in [0.05, 0.1) is 12.4 Å². The number of rotatable bonds is 4. The van der Waals surface area contributed by atoms with Crippen LogP contribution in [0.2, 0.25) is 0 Å². The van der Waals surface area contributed by atoms with Gasteiger partial charge in [0.1, 0.15) is 0 Å². The van der Waals surface area contributed by atoms with Gasteiger partial charge in [-0.15, -0.1) is 5.10 Å². The standard InChI is InChI=1S/C11H16N8O/c1-14-10(12)17-15-6-8-2-4-9(5-3-8)7-16-18-11(13)19-20/h2-7,20H,1H3,(H3,12,14,17)(H3,13,18,19)/b15-6+,16-7+. The van der Waals surface area contributed by atoms with Gasteiger partial charge in [0.2, 0.25) is 11.9 Å². The Balaban J connectivity index is 2.60. The van der Waals surface area contributed by atoms with Gasteiger partial charge in [-0.05, 0) is 11.1 Å². The first kappa shape index (κ1) is 15.1. The molecule has 0 saturated carbocycles. The molecule has 0 aliphatic rings. The number of benzene rings is 1. The second-order valence-electron chi connectivity index (χ2n) is 3.49. The lowest BCUT2D eigenvalue weighted by Gasteiger charge is -1.97. The Hall–Kier alpha value is -2.94. The average Bonchev–Trinajstić information content (AvgIpc) is 2.48. The summed E-state index contributed by atoms with van der Waals surface area (Å²) in [5.74, 6) is 0.0456. The van der Waals surface area contributed by atoms with Crippen molar-refractivity contribution in [2.75, 3.05) is 7.05 Å². The van der Waals surface area contributed by atoms with E-state index >= 15 is 0 Å². The van der Waals surface area contributed by atoms with Crippen LogP contribution in [0.5, 0.6) is 0 Å². The van der Waals surface area contributed by atoms with Crippen LogP contribution in [0.25, 0.3) is 0 Å². The summed E-state index contributed by atoms with van der Waals surface area (Å²) >= 11 is 0. The minimum absolute atomic E-state index is 0.189. The van der Waals surface area contributed by atoms with Gasteiger partial charge in [0.15, 0.2) is 0 Å². The molecule has 0 aliphatic heterocycles. The maximum absolute atomic E-state index is 8.39. The van der Waals surface area contributed by atoms with Crippen LogP contribution in [0.1, 0.15) is 11.1 Å². The molecular formula is C11H16N8O. The molecule has 0 aliphatic carbocycles. The lowest BCUT2D eigenvalue weighted by Crippen LogP contribution is -2.27. The van der Waals surface area contributed by atoms with E-state index < -0.39 is 0 Å². The largest absolute Gasteiger partial charge is 0.369 e. The molecule has 106 valence electrons. The van der Waals surface area contributed by atoms with Gasteiger partial charge in [-0.1, -0.05) is 24.3 Å². The van der Waals surface area contributed by atoms with Crippen LogP contribution in [0, 0.1) is 0 Å². The Kier molecular flexibility index (Phi) is 6.21. The van der Waals surface area contributed by atoms with Crippen LogP contribution in [-0.4, -0.2) is 36.6 Å². The molecule has 1 aromatic rings. The van der Waals surface area contributed by atoms with Crippen LogP contribution in [-0.2, 0) is 0 Å². The third-order valence-corrected chi connectivity index (χ3v) is 2.06. The number of hydrogen-bond acceptors (Lipinski definition) is 5. The van der Waals surface area contributed by atoms with E-state index in [0.29, 0.717) is 0 Å². The molecule has 0 aromatic heterocycles. The molecule has 0 saturated heterocycles. The molecule has 1 aromatic carbocycles. The highest BCUT2D eigenvalue weighted by Crippen LogP contribution is 2.00. The number of nitrogens with one attached hydrogen (secondary N) is 2. The minimum atomic E-state index is -0.189. The predicted octanol–water partition coefficient (Wildman–Crippen LogP) is -0.818. The second kappa shape index (κ2) is 8.21. The molecule has 9 nitrogen and oxygen atoms in total. The highest BCUT2D eigenvalue weighted by atomic mass is 16.5. The second-order valence-corrected chi connectivity index (χ2v) is 3.49. The van der Waals surface area contributed by atoms with Crippen LogP contribution in [0.3, 0.4) is 0 Å². The first-order chi connectivity index (χ1) is 9.65. The summed E-state index contributed by atoms with van der Waals surface area (Å²) in [6.45, 7) is 0. The van der Waals surface area contributed by atoms with Gasteiger partial charge in [-0.25, -0.2) is 10.9 Å². The summed E-state index contributed by atoms with van der Waals surface area (Å²) in [6, 6.07) is 7.31. The number of nitrogens with zero attached hydrogens (tertiary/aromatic N) is 4. The van der Waals surface area contributed by atoms with Crippen LogP contribution >= 0.6 is 0 Å². The molecule has 0 amide bonds. The number of hydrazone groups is 1. The molecule has 0 fully saturated rings. The Labute approximate surface area is 115 Å². The molecule has 0 atom stereocenters. The van der Waals surface area contributed by atoms with Gasteiger partial charge in [0.25, 0.3) is 0 Å². The van der Waals surface area contributed by atoms with Crippen molar-refractivity contribution in [1.29, 1.82) is 0 Å². The molecule has 0 radical (unpaired) electrons. The molecule has 9 heteroatoms. The van der Waals surface area contributed by atoms with Crippen LogP contribution in [0.15, 0.2) is 44.6 Å². The summed E-state index contributed by atoms with van der Waals surface area (Å²) in [5.41, 5.74) is 16.5. The van der Waals surface area contributed by atoms with Crippen molar-refractivity contribution in [3.63, 3.8) is 0 Å². The first-order valence-electron chi connectivity index (χ1n) is 5.53. The fourth-order valence-electron chi connectivity index (χ4n) is 1.07. The molecule has 0 heterocycles. The number of hydrogen-bond donors (Lipinski definition) is 5. The van der Waals surface area contributed by atoms with Gasteiger partial charge in [-0.2, -0.15) is 10.2 Å². The fourth-order valence-corrected chi connectivity index (χ4v) is 1.07. The van der Waals surface area contributed by atoms with E-state index in [1.807, 2.05) is 24.3 Å². The Morgan fingerprint density at radius 2 is 1.70 bits per heavy atom. The van der Waals surface area contributed by atoms with Crippen LogP contribution < -0.4 is 22.4 Å². The lowest BCUT2D eigenvalue weighted by atomic mass is 10.2. The maximum atomic E-state index is 8.39. The quantitative estimate of drug-likeness (QED) is 0.277. The van der Waals surface area contributed by atoms with E-state index in [4.69, 9.17) is 16.7 Å². The van der Waals surface area contributed by atoms with Crippen molar-refractivity contribution < 1.29 is 5.21 Å². The molecule has 0 bridgehead atoms. The molecule has 0 unspecified atom stereocenters. The van der Waals surface area contributed by atoms with Gasteiger partial charge >= 0.3 is 0 Å².